The van der Waals surface area contributed by atoms with Crippen molar-refractivity contribution in [3.05, 3.63) is 27.7 Å². The molecule has 0 bridgehead atoms. The van der Waals surface area contributed by atoms with E-state index in [0.717, 1.165) is 15.0 Å². The van der Waals surface area contributed by atoms with E-state index in [1.807, 2.05) is 18.2 Å². The molecule has 12 heavy (non-hydrogen) atoms. The molecule has 0 radical (unpaired) electrons. The SMILES string of the molecule is ClCc1nc2c(Br)cccc2s1. The summed E-state index contributed by atoms with van der Waals surface area (Å²) in [6.45, 7) is 0. The Morgan fingerprint density at radius 2 is 2.33 bits per heavy atom. The summed E-state index contributed by atoms with van der Waals surface area (Å²) in [5.74, 6) is 0.492. The normalized spacial score (nSPS) is 10.8. The van der Waals surface area contributed by atoms with E-state index in [1.165, 1.54) is 4.70 Å². The van der Waals surface area contributed by atoms with Gasteiger partial charge in [0.1, 0.15) is 5.01 Å². The molecule has 62 valence electrons. The van der Waals surface area contributed by atoms with Gasteiger partial charge in [-0.2, -0.15) is 0 Å². The van der Waals surface area contributed by atoms with Crippen molar-refractivity contribution in [2.75, 3.05) is 0 Å². The minimum atomic E-state index is 0.492. The first-order chi connectivity index (χ1) is 5.81. The van der Waals surface area contributed by atoms with Crippen LogP contribution < -0.4 is 0 Å². The van der Waals surface area contributed by atoms with Crippen LogP contribution in [-0.2, 0) is 5.88 Å². The van der Waals surface area contributed by atoms with Crippen molar-refractivity contribution in [1.29, 1.82) is 0 Å². The van der Waals surface area contributed by atoms with Gasteiger partial charge < -0.3 is 0 Å². The van der Waals surface area contributed by atoms with Crippen molar-refractivity contribution in [2.24, 2.45) is 0 Å². The molecule has 0 N–H and O–H groups in total. The highest BCUT2D eigenvalue weighted by Gasteiger charge is 2.04. The van der Waals surface area contributed by atoms with Crippen LogP contribution in [0.25, 0.3) is 10.2 Å². The van der Waals surface area contributed by atoms with E-state index >= 15 is 0 Å². The summed E-state index contributed by atoms with van der Waals surface area (Å²) in [4.78, 5) is 4.37. The first kappa shape index (κ1) is 8.48. The van der Waals surface area contributed by atoms with Crippen LogP contribution >= 0.6 is 38.9 Å². The number of hydrogen-bond donors (Lipinski definition) is 0. The van der Waals surface area contributed by atoms with Gasteiger partial charge in [-0.05, 0) is 28.1 Å². The molecular weight excluding hydrogens is 258 g/mol. The van der Waals surface area contributed by atoms with Gasteiger partial charge in [-0.1, -0.05) is 6.07 Å². The third-order valence-corrected chi connectivity index (χ3v) is 3.60. The summed E-state index contributed by atoms with van der Waals surface area (Å²) < 4.78 is 2.22. The van der Waals surface area contributed by atoms with Crippen molar-refractivity contribution in [1.82, 2.24) is 4.98 Å². The van der Waals surface area contributed by atoms with Gasteiger partial charge in [0.2, 0.25) is 0 Å². The van der Waals surface area contributed by atoms with E-state index in [-0.39, 0.29) is 0 Å². The fourth-order valence-electron chi connectivity index (χ4n) is 1.02. The maximum Gasteiger partial charge on any atom is 0.109 e. The quantitative estimate of drug-likeness (QED) is 0.713. The van der Waals surface area contributed by atoms with Crippen molar-refractivity contribution >= 4 is 49.1 Å². The Bertz CT molecular complexity index is 412. The summed E-state index contributed by atoms with van der Waals surface area (Å²) in [7, 11) is 0. The number of benzene rings is 1. The topological polar surface area (TPSA) is 12.9 Å². The zero-order valence-electron chi connectivity index (χ0n) is 6.05. The number of para-hydroxylation sites is 1. The molecule has 1 aromatic carbocycles. The minimum absolute atomic E-state index is 0.492. The highest BCUT2D eigenvalue weighted by atomic mass is 79.9. The van der Waals surface area contributed by atoms with Crippen molar-refractivity contribution in [3.8, 4) is 0 Å². The van der Waals surface area contributed by atoms with Gasteiger partial charge in [0.25, 0.3) is 0 Å². The Morgan fingerprint density at radius 3 is 3.00 bits per heavy atom. The lowest BCUT2D eigenvalue weighted by atomic mass is 10.3. The Labute approximate surface area is 87.5 Å². The van der Waals surface area contributed by atoms with Gasteiger partial charge in [0.05, 0.1) is 16.1 Å². The standard InChI is InChI=1S/C8H5BrClNS/c9-5-2-1-3-6-8(5)11-7(4-10)12-6/h1-3H,4H2. The first-order valence-electron chi connectivity index (χ1n) is 3.41. The molecule has 0 amide bonds. The third kappa shape index (κ3) is 1.37. The van der Waals surface area contributed by atoms with Crippen LogP contribution in [0.4, 0.5) is 0 Å². The minimum Gasteiger partial charge on any atom is -0.239 e. The maximum atomic E-state index is 5.68. The van der Waals surface area contributed by atoms with E-state index in [4.69, 9.17) is 11.6 Å². The van der Waals surface area contributed by atoms with Gasteiger partial charge >= 0.3 is 0 Å². The highest BCUT2D eigenvalue weighted by molar-refractivity contribution is 9.10. The predicted molar refractivity (Wildman–Crippen MR) is 56.9 cm³/mol. The number of hydrogen-bond acceptors (Lipinski definition) is 2. The fraction of sp³-hybridized carbons (Fsp3) is 0.125. The van der Waals surface area contributed by atoms with E-state index in [2.05, 4.69) is 20.9 Å². The van der Waals surface area contributed by atoms with E-state index in [9.17, 15) is 0 Å². The Balaban J connectivity index is 2.74. The largest absolute Gasteiger partial charge is 0.239 e. The zero-order chi connectivity index (χ0) is 8.55. The molecule has 1 nitrogen and oxygen atoms in total. The summed E-state index contributed by atoms with van der Waals surface area (Å²) in [6.07, 6.45) is 0. The lowest BCUT2D eigenvalue weighted by Gasteiger charge is -1.88. The lowest BCUT2D eigenvalue weighted by molar-refractivity contribution is 1.30. The van der Waals surface area contributed by atoms with Crippen molar-refractivity contribution < 1.29 is 0 Å². The van der Waals surface area contributed by atoms with Crippen LogP contribution in [0.2, 0.25) is 0 Å². The monoisotopic (exact) mass is 261 g/mol. The van der Waals surface area contributed by atoms with E-state index in [1.54, 1.807) is 11.3 Å². The molecule has 0 fully saturated rings. The average molecular weight is 263 g/mol. The average Bonchev–Trinajstić information content (AvgIpc) is 2.49. The van der Waals surface area contributed by atoms with Gasteiger partial charge in [-0.3, -0.25) is 0 Å². The fourth-order valence-corrected chi connectivity index (χ4v) is 2.67. The van der Waals surface area contributed by atoms with E-state index < -0.39 is 0 Å². The molecule has 0 atom stereocenters. The van der Waals surface area contributed by atoms with Crippen molar-refractivity contribution in [3.63, 3.8) is 0 Å². The molecule has 0 aliphatic heterocycles. The molecule has 0 aliphatic rings. The van der Waals surface area contributed by atoms with Crippen LogP contribution in [0.3, 0.4) is 0 Å². The molecule has 1 heterocycles. The number of nitrogens with zero attached hydrogens (tertiary/aromatic N) is 1. The summed E-state index contributed by atoms with van der Waals surface area (Å²) in [5, 5.41) is 0.971. The summed E-state index contributed by atoms with van der Waals surface area (Å²) in [6, 6.07) is 6.04. The van der Waals surface area contributed by atoms with Gasteiger partial charge in [0, 0.05) is 4.47 Å². The maximum absolute atomic E-state index is 5.68. The van der Waals surface area contributed by atoms with Crippen molar-refractivity contribution in [2.45, 2.75) is 5.88 Å². The van der Waals surface area contributed by atoms with Gasteiger partial charge in [-0.15, -0.1) is 22.9 Å². The molecule has 4 heteroatoms. The van der Waals surface area contributed by atoms with Crippen LogP contribution in [0.1, 0.15) is 5.01 Å². The number of rotatable bonds is 1. The zero-order valence-corrected chi connectivity index (χ0v) is 9.21. The highest BCUT2D eigenvalue weighted by Crippen LogP contribution is 2.28. The Hall–Kier alpha value is -0.120. The Morgan fingerprint density at radius 1 is 1.50 bits per heavy atom. The van der Waals surface area contributed by atoms with Crippen LogP contribution in [0.15, 0.2) is 22.7 Å². The molecular formula is C8H5BrClNS. The molecule has 2 aromatic rings. The van der Waals surface area contributed by atoms with Gasteiger partial charge in [-0.25, -0.2) is 4.98 Å². The Kier molecular flexibility index (Phi) is 2.35. The van der Waals surface area contributed by atoms with Crippen LogP contribution in [0.5, 0.6) is 0 Å². The number of halogens is 2. The summed E-state index contributed by atoms with van der Waals surface area (Å²) in [5.41, 5.74) is 1.01. The number of fused-ring (bicyclic) bond motifs is 1. The van der Waals surface area contributed by atoms with Crippen LogP contribution in [0, 0.1) is 0 Å². The second-order valence-corrected chi connectivity index (χ2v) is 4.56. The molecule has 2 rings (SSSR count). The van der Waals surface area contributed by atoms with E-state index in [0.29, 0.717) is 5.88 Å². The summed E-state index contributed by atoms with van der Waals surface area (Å²) >= 11 is 10.8. The second kappa shape index (κ2) is 3.32. The molecule has 0 spiro atoms. The smallest absolute Gasteiger partial charge is 0.109 e. The number of thiazole rings is 1. The molecule has 0 saturated carbocycles. The number of alkyl halides is 1. The van der Waals surface area contributed by atoms with Crippen LogP contribution in [-0.4, -0.2) is 4.98 Å². The predicted octanol–water partition coefficient (Wildman–Crippen LogP) is 3.80. The lowest BCUT2D eigenvalue weighted by Crippen LogP contribution is -1.73. The number of aromatic nitrogens is 1. The molecule has 1 aromatic heterocycles. The van der Waals surface area contributed by atoms with Gasteiger partial charge in [0.15, 0.2) is 0 Å². The second-order valence-electron chi connectivity index (χ2n) is 2.33. The first-order valence-corrected chi connectivity index (χ1v) is 5.55. The molecule has 0 unspecified atom stereocenters. The molecule has 0 saturated heterocycles. The molecule has 0 aliphatic carbocycles. The third-order valence-electron chi connectivity index (χ3n) is 1.53.